The van der Waals surface area contributed by atoms with Gasteiger partial charge in [0.15, 0.2) is 0 Å². The van der Waals surface area contributed by atoms with Crippen molar-refractivity contribution in [2.45, 2.75) is 12.8 Å². The van der Waals surface area contributed by atoms with Gasteiger partial charge in [-0.3, -0.25) is 0 Å². The molecule has 2 N–H and O–H groups in total. The van der Waals surface area contributed by atoms with Crippen LogP contribution in [0.15, 0.2) is 24.5 Å². The largest absolute Gasteiger partial charge is 0.385 e. The first kappa shape index (κ1) is 11.9. The van der Waals surface area contributed by atoms with E-state index in [-0.39, 0.29) is 0 Å². The molecule has 0 aliphatic rings. The summed E-state index contributed by atoms with van der Waals surface area (Å²) in [5.41, 5.74) is 3.37. The molecule has 1 heterocycles. The predicted molar refractivity (Wildman–Crippen MR) is 72.4 cm³/mol. The van der Waals surface area contributed by atoms with E-state index in [1.54, 1.807) is 0 Å². The molecular weight excluding hydrogens is 212 g/mol. The summed E-state index contributed by atoms with van der Waals surface area (Å²) in [6, 6.07) is 6.33. The second-order valence-electron chi connectivity index (χ2n) is 4.30. The molecule has 1 aromatic heterocycles. The molecule has 0 spiro atoms. The SMILES string of the molecule is CNCCCCNc1ccc2c(c1)ncn2C. The van der Waals surface area contributed by atoms with Crippen molar-refractivity contribution in [2.24, 2.45) is 7.05 Å². The Morgan fingerprint density at radius 3 is 2.88 bits per heavy atom. The number of rotatable bonds is 6. The number of nitrogens with one attached hydrogen (secondary N) is 2. The fraction of sp³-hybridized carbons (Fsp3) is 0.462. The molecule has 0 amide bonds. The third-order valence-corrected chi connectivity index (χ3v) is 2.91. The van der Waals surface area contributed by atoms with Gasteiger partial charge in [0.2, 0.25) is 0 Å². The number of anilines is 1. The van der Waals surface area contributed by atoms with Gasteiger partial charge in [-0.2, -0.15) is 0 Å². The normalized spacial score (nSPS) is 10.9. The summed E-state index contributed by atoms with van der Waals surface area (Å²) in [6.45, 7) is 2.10. The van der Waals surface area contributed by atoms with Crippen molar-refractivity contribution >= 4 is 16.7 Å². The molecule has 4 nitrogen and oxygen atoms in total. The minimum atomic E-state index is 1.01. The van der Waals surface area contributed by atoms with Crippen molar-refractivity contribution in [3.8, 4) is 0 Å². The maximum atomic E-state index is 4.35. The van der Waals surface area contributed by atoms with Gasteiger partial charge in [-0.05, 0) is 44.6 Å². The molecule has 0 bridgehead atoms. The lowest BCUT2D eigenvalue weighted by atomic mass is 10.2. The standard InChI is InChI=1S/C13H20N4/c1-14-7-3-4-8-15-11-5-6-13-12(9-11)16-10-17(13)2/h5-6,9-10,14-15H,3-4,7-8H2,1-2H3. The van der Waals surface area contributed by atoms with E-state index in [1.165, 1.54) is 18.4 Å². The lowest BCUT2D eigenvalue weighted by Crippen LogP contribution is -2.10. The van der Waals surface area contributed by atoms with Gasteiger partial charge in [-0.1, -0.05) is 0 Å². The van der Waals surface area contributed by atoms with Crippen LogP contribution in [0.2, 0.25) is 0 Å². The first-order chi connectivity index (χ1) is 8.31. The van der Waals surface area contributed by atoms with Crippen LogP contribution >= 0.6 is 0 Å². The first-order valence-corrected chi connectivity index (χ1v) is 6.11. The Labute approximate surface area is 102 Å². The quantitative estimate of drug-likeness (QED) is 0.748. The molecule has 0 aliphatic heterocycles. The Morgan fingerprint density at radius 2 is 2.06 bits per heavy atom. The Hall–Kier alpha value is -1.55. The summed E-state index contributed by atoms with van der Waals surface area (Å²) < 4.78 is 2.03. The number of hydrogen-bond donors (Lipinski definition) is 2. The number of unbranched alkanes of at least 4 members (excludes halogenated alkanes) is 1. The molecule has 0 saturated carbocycles. The minimum Gasteiger partial charge on any atom is -0.385 e. The zero-order valence-corrected chi connectivity index (χ0v) is 10.5. The Kier molecular flexibility index (Phi) is 3.98. The molecule has 4 heteroatoms. The Morgan fingerprint density at radius 1 is 1.24 bits per heavy atom. The zero-order chi connectivity index (χ0) is 12.1. The van der Waals surface area contributed by atoms with E-state index in [0.29, 0.717) is 0 Å². The van der Waals surface area contributed by atoms with Crippen LogP contribution in [0.25, 0.3) is 11.0 Å². The summed E-state index contributed by atoms with van der Waals surface area (Å²) in [7, 11) is 4.00. The molecule has 2 rings (SSSR count). The van der Waals surface area contributed by atoms with Crippen LogP contribution in [0.3, 0.4) is 0 Å². The van der Waals surface area contributed by atoms with Crippen LogP contribution < -0.4 is 10.6 Å². The van der Waals surface area contributed by atoms with Crippen molar-refractivity contribution in [1.82, 2.24) is 14.9 Å². The van der Waals surface area contributed by atoms with E-state index in [1.807, 2.05) is 25.0 Å². The Bertz CT molecular complexity index is 475. The summed E-state index contributed by atoms with van der Waals surface area (Å²) in [5.74, 6) is 0. The lowest BCUT2D eigenvalue weighted by Gasteiger charge is -2.06. The second-order valence-corrected chi connectivity index (χ2v) is 4.30. The van der Waals surface area contributed by atoms with Crippen LogP contribution in [0.4, 0.5) is 5.69 Å². The number of fused-ring (bicyclic) bond motifs is 1. The summed E-state index contributed by atoms with van der Waals surface area (Å²) >= 11 is 0. The third kappa shape index (κ3) is 2.97. The highest BCUT2D eigenvalue weighted by molar-refractivity contribution is 5.79. The fourth-order valence-corrected chi connectivity index (χ4v) is 1.91. The molecule has 0 saturated heterocycles. The molecule has 0 fully saturated rings. The summed E-state index contributed by atoms with van der Waals surface area (Å²) in [5, 5.41) is 6.58. The van der Waals surface area contributed by atoms with E-state index in [9.17, 15) is 0 Å². The number of hydrogen-bond acceptors (Lipinski definition) is 3. The zero-order valence-electron chi connectivity index (χ0n) is 10.5. The van der Waals surface area contributed by atoms with Crippen molar-refractivity contribution < 1.29 is 0 Å². The number of nitrogens with zero attached hydrogens (tertiary/aromatic N) is 2. The molecule has 2 aromatic rings. The van der Waals surface area contributed by atoms with Gasteiger partial charge in [-0.15, -0.1) is 0 Å². The van der Waals surface area contributed by atoms with Gasteiger partial charge in [-0.25, -0.2) is 4.98 Å². The average molecular weight is 232 g/mol. The van der Waals surface area contributed by atoms with Crippen LogP contribution in [0.5, 0.6) is 0 Å². The number of aromatic nitrogens is 2. The number of benzene rings is 1. The molecule has 0 aliphatic carbocycles. The van der Waals surface area contributed by atoms with E-state index in [4.69, 9.17) is 0 Å². The maximum Gasteiger partial charge on any atom is 0.0955 e. The summed E-state index contributed by atoms with van der Waals surface area (Å²) in [4.78, 5) is 4.35. The lowest BCUT2D eigenvalue weighted by molar-refractivity contribution is 0.694. The fourth-order valence-electron chi connectivity index (χ4n) is 1.91. The van der Waals surface area contributed by atoms with Gasteiger partial charge in [0.05, 0.1) is 17.4 Å². The highest BCUT2D eigenvalue weighted by Crippen LogP contribution is 2.17. The van der Waals surface area contributed by atoms with Crippen LogP contribution in [-0.4, -0.2) is 29.7 Å². The molecule has 0 unspecified atom stereocenters. The molecule has 1 aromatic carbocycles. The maximum absolute atomic E-state index is 4.35. The monoisotopic (exact) mass is 232 g/mol. The number of aryl methyl sites for hydroxylation is 1. The average Bonchev–Trinajstić information content (AvgIpc) is 2.71. The van der Waals surface area contributed by atoms with Gasteiger partial charge in [0.25, 0.3) is 0 Å². The van der Waals surface area contributed by atoms with Crippen LogP contribution in [0.1, 0.15) is 12.8 Å². The van der Waals surface area contributed by atoms with Gasteiger partial charge in [0, 0.05) is 19.3 Å². The molecule has 92 valence electrons. The molecular formula is C13H20N4. The van der Waals surface area contributed by atoms with Gasteiger partial charge < -0.3 is 15.2 Å². The van der Waals surface area contributed by atoms with Crippen molar-refractivity contribution in [2.75, 3.05) is 25.5 Å². The number of imidazole rings is 1. The highest BCUT2D eigenvalue weighted by atomic mass is 15.0. The van der Waals surface area contributed by atoms with Gasteiger partial charge in [0.1, 0.15) is 0 Å². The summed E-state index contributed by atoms with van der Waals surface area (Å²) in [6.07, 6.45) is 4.23. The predicted octanol–water partition coefficient (Wildman–Crippen LogP) is 1.98. The molecule has 0 atom stereocenters. The van der Waals surface area contributed by atoms with E-state index in [2.05, 4.69) is 33.8 Å². The van der Waals surface area contributed by atoms with E-state index < -0.39 is 0 Å². The second kappa shape index (κ2) is 5.68. The molecule has 17 heavy (non-hydrogen) atoms. The topological polar surface area (TPSA) is 41.9 Å². The van der Waals surface area contributed by atoms with Gasteiger partial charge >= 0.3 is 0 Å². The first-order valence-electron chi connectivity index (χ1n) is 6.11. The van der Waals surface area contributed by atoms with Crippen LogP contribution in [0, 0.1) is 0 Å². The van der Waals surface area contributed by atoms with E-state index >= 15 is 0 Å². The highest BCUT2D eigenvalue weighted by Gasteiger charge is 2.00. The van der Waals surface area contributed by atoms with Crippen molar-refractivity contribution in [3.05, 3.63) is 24.5 Å². The van der Waals surface area contributed by atoms with E-state index in [0.717, 1.165) is 24.3 Å². The smallest absolute Gasteiger partial charge is 0.0955 e. The van der Waals surface area contributed by atoms with Crippen LogP contribution in [-0.2, 0) is 7.05 Å². The Balaban J connectivity index is 1.91. The van der Waals surface area contributed by atoms with Crippen molar-refractivity contribution in [1.29, 1.82) is 0 Å². The third-order valence-electron chi connectivity index (χ3n) is 2.91. The minimum absolute atomic E-state index is 1.01. The molecule has 0 radical (unpaired) electrons. The van der Waals surface area contributed by atoms with Crippen molar-refractivity contribution in [3.63, 3.8) is 0 Å².